The molecule has 0 aliphatic carbocycles. The summed E-state index contributed by atoms with van der Waals surface area (Å²) in [6.07, 6.45) is 0.439. The molecule has 0 aromatic heterocycles. The SMILES string of the molecule is CN1C(=O)Cc2cc(CNC(=O)S)ccc21. The summed E-state index contributed by atoms with van der Waals surface area (Å²) in [5.41, 5.74) is 2.94. The Labute approximate surface area is 99.0 Å². The van der Waals surface area contributed by atoms with Gasteiger partial charge >= 0.3 is 0 Å². The van der Waals surface area contributed by atoms with E-state index in [1.807, 2.05) is 18.2 Å². The molecule has 1 aliphatic heterocycles. The van der Waals surface area contributed by atoms with Crippen LogP contribution in [0.25, 0.3) is 0 Å². The van der Waals surface area contributed by atoms with E-state index in [2.05, 4.69) is 17.9 Å². The number of hydrogen-bond acceptors (Lipinski definition) is 2. The van der Waals surface area contributed by atoms with Gasteiger partial charge in [-0.15, -0.1) is 0 Å². The van der Waals surface area contributed by atoms with E-state index in [1.54, 1.807) is 11.9 Å². The van der Waals surface area contributed by atoms with E-state index in [4.69, 9.17) is 0 Å². The van der Waals surface area contributed by atoms with Crippen LogP contribution < -0.4 is 10.2 Å². The van der Waals surface area contributed by atoms with Crippen LogP contribution in [-0.4, -0.2) is 18.2 Å². The highest BCUT2D eigenvalue weighted by molar-refractivity contribution is 7.96. The molecule has 2 amide bonds. The van der Waals surface area contributed by atoms with Crippen LogP contribution in [-0.2, 0) is 17.8 Å². The molecule has 1 heterocycles. The fourth-order valence-corrected chi connectivity index (χ4v) is 1.89. The smallest absolute Gasteiger partial charge is 0.276 e. The molecule has 0 spiro atoms. The fourth-order valence-electron chi connectivity index (χ4n) is 1.81. The fraction of sp³-hybridized carbons (Fsp3) is 0.273. The molecule has 5 heteroatoms. The number of rotatable bonds is 2. The molecular formula is C11H12N2O2S. The molecule has 0 radical (unpaired) electrons. The number of likely N-dealkylation sites (N-methyl/N-ethyl adjacent to an activating group) is 1. The monoisotopic (exact) mass is 236 g/mol. The Hall–Kier alpha value is -1.49. The largest absolute Gasteiger partial charge is 0.343 e. The Morgan fingerprint density at radius 2 is 2.31 bits per heavy atom. The molecule has 2 rings (SSSR count). The van der Waals surface area contributed by atoms with E-state index in [0.29, 0.717) is 13.0 Å². The molecule has 0 fully saturated rings. The van der Waals surface area contributed by atoms with E-state index in [-0.39, 0.29) is 11.1 Å². The minimum Gasteiger partial charge on any atom is -0.343 e. The molecular weight excluding hydrogens is 224 g/mol. The van der Waals surface area contributed by atoms with E-state index >= 15 is 0 Å². The number of benzene rings is 1. The van der Waals surface area contributed by atoms with Gasteiger partial charge in [-0.1, -0.05) is 24.8 Å². The molecule has 4 nitrogen and oxygen atoms in total. The number of fused-ring (bicyclic) bond motifs is 1. The maximum atomic E-state index is 11.5. The summed E-state index contributed by atoms with van der Waals surface area (Å²) in [4.78, 5) is 23.7. The average Bonchev–Trinajstić information content (AvgIpc) is 2.52. The Balaban J connectivity index is 2.18. The van der Waals surface area contributed by atoms with Crippen LogP contribution in [0.1, 0.15) is 11.1 Å². The van der Waals surface area contributed by atoms with Gasteiger partial charge in [-0.25, -0.2) is 0 Å². The number of carbonyl (C=O) groups is 2. The normalized spacial score (nSPS) is 13.9. The highest BCUT2D eigenvalue weighted by atomic mass is 32.1. The van der Waals surface area contributed by atoms with Crippen molar-refractivity contribution in [2.45, 2.75) is 13.0 Å². The first kappa shape index (κ1) is 11.0. The van der Waals surface area contributed by atoms with Crippen molar-refractivity contribution >= 4 is 29.5 Å². The van der Waals surface area contributed by atoms with Crippen molar-refractivity contribution in [1.29, 1.82) is 0 Å². The first-order chi connectivity index (χ1) is 7.58. The molecule has 1 N–H and O–H groups in total. The van der Waals surface area contributed by atoms with E-state index < -0.39 is 0 Å². The Morgan fingerprint density at radius 1 is 1.56 bits per heavy atom. The molecule has 1 aromatic carbocycles. The van der Waals surface area contributed by atoms with E-state index in [9.17, 15) is 9.59 Å². The number of nitrogens with one attached hydrogen (secondary N) is 1. The Kier molecular flexibility index (Phi) is 2.87. The quantitative estimate of drug-likeness (QED) is 0.761. The second kappa shape index (κ2) is 4.17. The number of carbonyl (C=O) groups excluding carboxylic acids is 2. The summed E-state index contributed by atoms with van der Waals surface area (Å²) in [5.74, 6) is 0.102. The number of anilines is 1. The van der Waals surface area contributed by atoms with Crippen LogP contribution in [0.15, 0.2) is 18.2 Å². The van der Waals surface area contributed by atoms with Gasteiger partial charge in [0.25, 0.3) is 5.24 Å². The zero-order valence-corrected chi connectivity index (χ0v) is 9.75. The maximum Gasteiger partial charge on any atom is 0.276 e. The summed E-state index contributed by atoms with van der Waals surface area (Å²) in [6, 6.07) is 5.75. The lowest BCUT2D eigenvalue weighted by atomic mass is 10.1. The summed E-state index contributed by atoms with van der Waals surface area (Å²) < 4.78 is 0. The maximum absolute atomic E-state index is 11.5. The van der Waals surface area contributed by atoms with Crippen LogP contribution in [0, 0.1) is 0 Å². The Morgan fingerprint density at radius 3 is 3.00 bits per heavy atom. The molecule has 0 saturated heterocycles. The van der Waals surface area contributed by atoms with Gasteiger partial charge in [0.05, 0.1) is 6.42 Å². The van der Waals surface area contributed by atoms with Crippen LogP contribution in [0.2, 0.25) is 0 Å². The lowest BCUT2D eigenvalue weighted by Crippen LogP contribution is -2.20. The molecule has 1 aliphatic rings. The highest BCUT2D eigenvalue weighted by Crippen LogP contribution is 2.28. The summed E-state index contributed by atoms with van der Waals surface area (Å²) in [6.45, 7) is 0.438. The molecule has 1 aromatic rings. The van der Waals surface area contributed by atoms with E-state index in [0.717, 1.165) is 16.8 Å². The van der Waals surface area contributed by atoms with Gasteiger partial charge in [0.15, 0.2) is 0 Å². The van der Waals surface area contributed by atoms with Gasteiger partial charge in [0.1, 0.15) is 0 Å². The number of nitrogens with zero attached hydrogens (tertiary/aromatic N) is 1. The van der Waals surface area contributed by atoms with Gasteiger partial charge in [-0.05, 0) is 17.2 Å². The van der Waals surface area contributed by atoms with Crippen molar-refractivity contribution in [1.82, 2.24) is 5.32 Å². The highest BCUT2D eigenvalue weighted by Gasteiger charge is 2.23. The topological polar surface area (TPSA) is 49.4 Å². The summed E-state index contributed by atoms with van der Waals surface area (Å²) in [7, 11) is 1.77. The first-order valence-electron chi connectivity index (χ1n) is 4.93. The molecule has 0 unspecified atom stereocenters. The molecule has 16 heavy (non-hydrogen) atoms. The second-order valence-electron chi connectivity index (χ2n) is 3.75. The minimum atomic E-state index is -0.353. The van der Waals surface area contributed by atoms with Gasteiger partial charge < -0.3 is 10.2 Å². The third-order valence-electron chi connectivity index (χ3n) is 2.66. The number of thiol groups is 1. The zero-order chi connectivity index (χ0) is 11.7. The van der Waals surface area contributed by atoms with Crippen molar-refractivity contribution in [3.63, 3.8) is 0 Å². The second-order valence-corrected chi connectivity index (χ2v) is 4.16. The standard InChI is InChI=1S/C11H12N2O2S/c1-13-9-3-2-7(6-12-11(15)16)4-8(9)5-10(13)14/h2-4H,5-6H2,1H3,(H2,12,15,16). The molecule has 84 valence electrons. The lowest BCUT2D eigenvalue weighted by molar-refractivity contribution is -0.117. The van der Waals surface area contributed by atoms with Crippen LogP contribution in [0.3, 0.4) is 0 Å². The molecule has 0 bridgehead atoms. The van der Waals surface area contributed by atoms with Crippen molar-refractivity contribution in [2.75, 3.05) is 11.9 Å². The van der Waals surface area contributed by atoms with Gasteiger partial charge in [0, 0.05) is 19.3 Å². The van der Waals surface area contributed by atoms with E-state index in [1.165, 1.54) is 0 Å². The third kappa shape index (κ3) is 2.04. The molecule has 0 atom stereocenters. The number of amides is 2. The minimum absolute atomic E-state index is 0.102. The lowest BCUT2D eigenvalue weighted by Gasteiger charge is -2.10. The summed E-state index contributed by atoms with van der Waals surface area (Å²) >= 11 is 3.63. The number of hydrogen-bond donors (Lipinski definition) is 2. The van der Waals surface area contributed by atoms with Crippen LogP contribution in [0.5, 0.6) is 0 Å². The van der Waals surface area contributed by atoms with Crippen molar-refractivity contribution in [3.05, 3.63) is 29.3 Å². The van der Waals surface area contributed by atoms with Gasteiger partial charge in [0.2, 0.25) is 5.91 Å². The molecule has 0 saturated carbocycles. The van der Waals surface area contributed by atoms with Gasteiger partial charge in [-0.2, -0.15) is 0 Å². The third-order valence-corrected chi connectivity index (χ3v) is 2.82. The van der Waals surface area contributed by atoms with Crippen molar-refractivity contribution in [3.8, 4) is 0 Å². The van der Waals surface area contributed by atoms with Gasteiger partial charge in [-0.3, -0.25) is 9.59 Å². The van der Waals surface area contributed by atoms with Crippen molar-refractivity contribution < 1.29 is 9.59 Å². The predicted octanol–water partition coefficient (Wildman–Crippen LogP) is 1.34. The zero-order valence-electron chi connectivity index (χ0n) is 8.86. The predicted molar refractivity (Wildman–Crippen MR) is 64.8 cm³/mol. The van der Waals surface area contributed by atoms with Crippen molar-refractivity contribution in [2.24, 2.45) is 0 Å². The van der Waals surface area contributed by atoms with Crippen LogP contribution in [0.4, 0.5) is 10.5 Å². The average molecular weight is 236 g/mol. The van der Waals surface area contributed by atoms with Crippen LogP contribution >= 0.6 is 12.6 Å². The Bertz CT molecular complexity index is 459. The first-order valence-corrected chi connectivity index (χ1v) is 5.38. The summed E-state index contributed by atoms with van der Waals surface area (Å²) in [5, 5.41) is 2.25.